The largest absolute Gasteiger partial charge is 0.481 e. The maximum Gasteiger partial charge on any atom is 0.274 e. The third-order valence-corrected chi connectivity index (χ3v) is 2.12. The van der Waals surface area contributed by atoms with E-state index in [-0.39, 0.29) is 5.75 Å². The van der Waals surface area contributed by atoms with E-state index < -0.39 is 17.8 Å². The molecule has 0 spiro atoms. The predicted octanol–water partition coefficient (Wildman–Crippen LogP) is 1.35. The third kappa shape index (κ3) is 3.49. The van der Waals surface area contributed by atoms with Crippen molar-refractivity contribution in [3.05, 3.63) is 28.5 Å². The molecule has 0 aliphatic rings. The lowest BCUT2D eigenvalue weighted by Gasteiger charge is -2.13. The minimum absolute atomic E-state index is 0.262. The summed E-state index contributed by atoms with van der Waals surface area (Å²) in [5.74, 6) is 4.26. The average Bonchev–Trinajstić information content (AvgIpc) is 2.14. The second-order valence-electron chi connectivity index (χ2n) is 2.87. The number of carbonyl (C=O) groups excluding carboxylic acids is 1. The van der Waals surface area contributed by atoms with Gasteiger partial charge in [0.05, 0.1) is 0 Å². The van der Waals surface area contributed by atoms with E-state index >= 15 is 0 Å². The summed E-state index contributed by atoms with van der Waals surface area (Å²) in [6, 6.07) is 4.04. The molecule has 1 unspecified atom stereocenters. The normalized spacial score (nSPS) is 12.0. The van der Waals surface area contributed by atoms with Crippen LogP contribution < -0.4 is 16.0 Å². The molecule has 4 nitrogen and oxygen atoms in total. The van der Waals surface area contributed by atoms with Gasteiger partial charge >= 0.3 is 0 Å². The van der Waals surface area contributed by atoms with Gasteiger partial charge in [0.25, 0.3) is 5.91 Å². The molecule has 1 rings (SSSR count). The number of nitrogens with one attached hydrogen (secondary N) is 1. The number of rotatable bonds is 3. The summed E-state index contributed by atoms with van der Waals surface area (Å²) in [6.07, 6.45) is -0.774. The van der Waals surface area contributed by atoms with Crippen molar-refractivity contribution < 1.29 is 13.9 Å². The molecule has 0 bridgehead atoms. The third-order valence-electron chi connectivity index (χ3n) is 1.66. The van der Waals surface area contributed by atoms with Crippen LogP contribution in [0.2, 0.25) is 0 Å². The van der Waals surface area contributed by atoms with E-state index in [9.17, 15) is 9.18 Å². The number of ether oxygens (including phenoxy) is 1. The van der Waals surface area contributed by atoms with Crippen LogP contribution >= 0.6 is 15.9 Å². The predicted molar refractivity (Wildman–Crippen MR) is 56.5 cm³/mol. The first-order valence-corrected chi connectivity index (χ1v) is 4.95. The standard InChI is InChI=1S/C9H10BrFN2O2/c1-5(9(14)13-12)15-8-3-6(10)2-7(11)4-8/h2-5H,12H2,1H3,(H,13,14). The highest BCUT2D eigenvalue weighted by molar-refractivity contribution is 9.10. The van der Waals surface area contributed by atoms with Crippen LogP contribution in [0, 0.1) is 5.82 Å². The topological polar surface area (TPSA) is 64.3 Å². The molecule has 82 valence electrons. The summed E-state index contributed by atoms with van der Waals surface area (Å²) >= 11 is 3.11. The number of hydrogen-bond acceptors (Lipinski definition) is 3. The van der Waals surface area contributed by atoms with Crippen molar-refractivity contribution in [3.8, 4) is 5.75 Å². The zero-order chi connectivity index (χ0) is 11.4. The highest BCUT2D eigenvalue weighted by atomic mass is 79.9. The molecule has 0 saturated heterocycles. The van der Waals surface area contributed by atoms with Gasteiger partial charge in [-0.15, -0.1) is 0 Å². The highest BCUT2D eigenvalue weighted by Crippen LogP contribution is 2.21. The van der Waals surface area contributed by atoms with Crippen molar-refractivity contribution in [2.24, 2.45) is 5.84 Å². The van der Waals surface area contributed by atoms with Crippen LogP contribution in [0.15, 0.2) is 22.7 Å². The molecule has 1 amide bonds. The first-order chi connectivity index (χ1) is 7.02. The molecule has 0 saturated carbocycles. The summed E-state index contributed by atoms with van der Waals surface area (Å²) in [4.78, 5) is 11.0. The van der Waals surface area contributed by atoms with E-state index in [4.69, 9.17) is 10.6 Å². The number of hydrogen-bond donors (Lipinski definition) is 2. The number of benzene rings is 1. The number of halogens is 2. The maximum absolute atomic E-state index is 12.9. The molecule has 15 heavy (non-hydrogen) atoms. The van der Waals surface area contributed by atoms with Crippen molar-refractivity contribution in [2.45, 2.75) is 13.0 Å². The van der Waals surface area contributed by atoms with E-state index in [1.165, 1.54) is 19.1 Å². The molecule has 1 atom stereocenters. The number of carbonyl (C=O) groups is 1. The molecule has 0 aromatic heterocycles. The highest BCUT2D eigenvalue weighted by Gasteiger charge is 2.13. The lowest BCUT2D eigenvalue weighted by Crippen LogP contribution is -2.40. The Labute approximate surface area is 94.7 Å². The van der Waals surface area contributed by atoms with Gasteiger partial charge in [-0.25, -0.2) is 10.2 Å². The minimum Gasteiger partial charge on any atom is -0.481 e. The van der Waals surface area contributed by atoms with Crippen molar-refractivity contribution >= 4 is 21.8 Å². The first kappa shape index (κ1) is 11.9. The molecule has 1 aromatic carbocycles. The van der Waals surface area contributed by atoms with Gasteiger partial charge in [-0.2, -0.15) is 0 Å². The smallest absolute Gasteiger partial charge is 0.274 e. The minimum atomic E-state index is -0.774. The second kappa shape index (κ2) is 5.09. The van der Waals surface area contributed by atoms with Gasteiger partial charge in [0, 0.05) is 10.5 Å². The molecular formula is C9H10BrFN2O2. The Balaban J connectivity index is 2.76. The Morgan fingerprint density at radius 1 is 1.60 bits per heavy atom. The van der Waals surface area contributed by atoms with Gasteiger partial charge in [0.1, 0.15) is 11.6 Å². The zero-order valence-electron chi connectivity index (χ0n) is 7.96. The summed E-state index contributed by atoms with van der Waals surface area (Å²) in [7, 11) is 0. The average molecular weight is 277 g/mol. The summed E-state index contributed by atoms with van der Waals surface area (Å²) in [5, 5.41) is 0. The molecule has 1 aromatic rings. The van der Waals surface area contributed by atoms with Gasteiger partial charge in [-0.3, -0.25) is 10.2 Å². The quantitative estimate of drug-likeness (QED) is 0.498. The Morgan fingerprint density at radius 3 is 2.80 bits per heavy atom. The summed E-state index contributed by atoms with van der Waals surface area (Å²) < 4.78 is 18.6. The van der Waals surface area contributed by atoms with E-state index in [1.807, 2.05) is 5.43 Å². The van der Waals surface area contributed by atoms with Crippen LogP contribution in [0.1, 0.15) is 6.92 Å². The summed E-state index contributed by atoms with van der Waals surface area (Å²) in [6.45, 7) is 1.51. The van der Waals surface area contributed by atoms with Crippen molar-refractivity contribution in [3.63, 3.8) is 0 Å². The molecule has 0 aliphatic heterocycles. The molecule has 0 aliphatic carbocycles. The lowest BCUT2D eigenvalue weighted by molar-refractivity contribution is -0.127. The molecule has 0 radical (unpaired) electrons. The van der Waals surface area contributed by atoms with Gasteiger partial charge in [0.15, 0.2) is 6.10 Å². The van der Waals surface area contributed by atoms with Crippen LogP contribution in [0.25, 0.3) is 0 Å². The Morgan fingerprint density at radius 2 is 2.27 bits per heavy atom. The van der Waals surface area contributed by atoms with Crippen LogP contribution in [0.4, 0.5) is 4.39 Å². The van der Waals surface area contributed by atoms with Crippen LogP contribution in [0.5, 0.6) is 5.75 Å². The SMILES string of the molecule is CC(Oc1cc(F)cc(Br)c1)C(=O)NN. The zero-order valence-corrected chi connectivity index (χ0v) is 9.55. The van der Waals surface area contributed by atoms with Crippen LogP contribution in [-0.4, -0.2) is 12.0 Å². The molecular weight excluding hydrogens is 267 g/mol. The van der Waals surface area contributed by atoms with Crippen LogP contribution in [0.3, 0.4) is 0 Å². The van der Waals surface area contributed by atoms with E-state index in [0.29, 0.717) is 4.47 Å². The number of hydrazine groups is 1. The molecule has 3 N–H and O–H groups in total. The van der Waals surface area contributed by atoms with Gasteiger partial charge in [-0.1, -0.05) is 15.9 Å². The second-order valence-corrected chi connectivity index (χ2v) is 3.79. The van der Waals surface area contributed by atoms with Crippen LogP contribution in [-0.2, 0) is 4.79 Å². The van der Waals surface area contributed by atoms with Gasteiger partial charge in [-0.05, 0) is 19.1 Å². The summed E-state index contributed by atoms with van der Waals surface area (Å²) in [5.41, 5.74) is 1.94. The van der Waals surface area contributed by atoms with Crippen molar-refractivity contribution in [1.82, 2.24) is 5.43 Å². The molecule has 6 heteroatoms. The van der Waals surface area contributed by atoms with E-state index in [2.05, 4.69) is 15.9 Å². The molecule has 0 heterocycles. The van der Waals surface area contributed by atoms with Gasteiger partial charge < -0.3 is 4.74 Å². The molecule has 0 fully saturated rings. The monoisotopic (exact) mass is 276 g/mol. The first-order valence-electron chi connectivity index (χ1n) is 4.16. The number of nitrogens with two attached hydrogens (primary N) is 1. The van der Waals surface area contributed by atoms with Crippen molar-refractivity contribution in [2.75, 3.05) is 0 Å². The number of amides is 1. The van der Waals surface area contributed by atoms with Crippen molar-refractivity contribution in [1.29, 1.82) is 0 Å². The fraction of sp³-hybridized carbons (Fsp3) is 0.222. The van der Waals surface area contributed by atoms with Gasteiger partial charge in [0.2, 0.25) is 0 Å². The fourth-order valence-corrected chi connectivity index (χ4v) is 1.42. The fourth-order valence-electron chi connectivity index (χ4n) is 0.972. The Bertz CT molecular complexity index is 353. The van der Waals surface area contributed by atoms with E-state index in [0.717, 1.165) is 0 Å². The lowest BCUT2D eigenvalue weighted by atomic mass is 10.3. The maximum atomic E-state index is 12.9. The Kier molecular flexibility index (Phi) is 4.05. The Hall–Kier alpha value is -1.14. The van der Waals surface area contributed by atoms with E-state index in [1.54, 1.807) is 6.07 Å².